The maximum atomic E-state index is 11.6. The third-order valence-corrected chi connectivity index (χ3v) is 5.28. The third-order valence-electron chi connectivity index (χ3n) is 3.98. The van der Waals surface area contributed by atoms with Crippen LogP contribution in [-0.4, -0.2) is 75.9 Å². The number of alkyl carbamates (subject to hydrolysis) is 1. The van der Waals surface area contributed by atoms with Gasteiger partial charge >= 0.3 is 6.09 Å². The summed E-state index contributed by atoms with van der Waals surface area (Å²) in [4.78, 5) is 16.2. The SMILES string of the molecule is CCNC(=NCC1CCN(S(C)(=O)=O)CC1)NCCNC(=O)OC(C)(C)C. The first-order valence-corrected chi connectivity index (χ1v) is 11.3. The summed E-state index contributed by atoms with van der Waals surface area (Å²) in [5, 5.41) is 9.04. The molecule has 9 nitrogen and oxygen atoms in total. The first-order valence-electron chi connectivity index (χ1n) is 9.45. The maximum Gasteiger partial charge on any atom is 0.407 e. The first kappa shape index (κ1) is 23.5. The highest BCUT2D eigenvalue weighted by molar-refractivity contribution is 7.88. The number of nitrogens with one attached hydrogen (secondary N) is 3. The van der Waals surface area contributed by atoms with Gasteiger partial charge in [0.05, 0.1) is 6.26 Å². The molecule has 1 rings (SSSR count). The Balaban J connectivity index is 2.35. The molecular formula is C17H35N5O4S. The highest BCUT2D eigenvalue weighted by atomic mass is 32.2. The van der Waals surface area contributed by atoms with Gasteiger partial charge in [-0.05, 0) is 46.5 Å². The van der Waals surface area contributed by atoms with Crippen molar-refractivity contribution < 1.29 is 17.9 Å². The van der Waals surface area contributed by atoms with Crippen molar-refractivity contribution in [3.05, 3.63) is 0 Å². The Hall–Kier alpha value is -1.55. The molecule has 0 saturated carbocycles. The predicted molar refractivity (Wildman–Crippen MR) is 107 cm³/mol. The minimum Gasteiger partial charge on any atom is -0.444 e. The quantitative estimate of drug-likeness (QED) is 0.327. The van der Waals surface area contributed by atoms with Gasteiger partial charge in [0.25, 0.3) is 0 Å². The van der Waals surface area contributed by atoms with Crippen LogP contribution in [0.5, 0.6) is 0 Å². The Morgan fingerprint density at radius 3 is 2.26 bits per heavy atom. The van der Waals surface area contributed by atoms with Crippen LogP contribution in [-0.2, 0) is 14.8 Å². The number of amides is 1. The molecule has 1 amide bonds. The van der Waals surface area contributed by atoms with E-state index in [1.807, 2.05) is 27.7 Å². The monoisotopic (exact) mass is 405 g/mol. The molecule has 1 heterocycles. The lowest BCUT2D eigenvalue weighted by molar-refractivity contribution is 0.0529. The lowest BCUT2D eigenvalue weighted by Crippen LogP contribution is -2.43. The van der Waals surface area contributed by atoms with E-state index < -0.39 is 21.7 Å². The summed E-state index contributed by atoms with van der Waals surface area (Å²) in [7, 11) is -3.09. The molecule has 0 aromatic heterocycles. The van der Waals surface area contributed by atoms with Crippen molar-refractivity contribution >= 4 is 22.1 Å². The number of aliphatic imine (C=N–C) groups is 1. The fraction of sp³-hybridized carbons (Fsp3) is 0.882. The molecule has 1 saturated heterocycles. The average Bonchev–Trinajstić information content (AvgIpc) is 2.54. The smallest absolute Gasteiger partial charge is 0.407 e. The van der Waals surface area contributed by atoms with Crippen molar-refractivity contribution in [2.45, 2.75) is 46.1 Å². The summed E-state index contributed by atoms with van der Waals surface area (Å²) < 4.78 is 29.8. The van der Waals surface area contributed by atoms with Crippen LogP contribution in [0.1, 0.15) is 40.5 Å². The van der Waals surface area contributed by atoms with Gasteiger partial charge in [-0.3, -0.25) is 4.99 Å². The van der Waals surface area contributed by atoms with E-state index in [0.29, 0.717) is 44.6 Å². The van der Waals surface area contributed by atoms with Gasteiger partial charge in [-0.15, -0.1) is 0 Å². The van der Waals surface area contributed by atoms with E-state index in [0.717, 1.165) is 19.4 Å². The Kier molecular flexibility index (Phi) is 9.31. The molecule has 1 fully saturated rings. The standard InChI is InChI=1S/C17H35N5O4S/c1-6-18-15(19-9-10-20-16(23)26-17(2,3)4)21-13-14-7-11-22(12-8-14)27(5,24)25/h14H,6-13H2,1-5H3,(H,20,23)(H2,18,19,21). The molecule has 27 heavy (non-hydrogen) atoms. The minimum atomic E-state index is -3.09. The molecule has 3 N–H and O–H groups in total. The number of piperidine rings is 1. The molecule has 0 atom stereocenters. The molecule has 158 valence electrons. The zero-order valence-electron chi connectivity index (χ0n) is 17.2. The lowest BCUT2D eigenvalue weighted by Gasteiger charge is -2.29. The van der Waals surface area contributed by atoms with Crippen molar-refractivity contribution in [1.29, 1.82) is 0 Å². The van der Waals surface area contributed by atoms with E-state index >= 15 is 0 Å². The van der Waals surface area contributed by atoms with Crippen molar-refractivity contribution in [2.75, 3.05) is 45.5 Å². The number of nitrogens with zero attached hydrogens (tertiary/aromatic N) is 2. The van der Waals surface area contributed by atoms with Crippen LogP contribution in [0.25, 0.3) is 0 Å². The number of carbonyl (C=O) groups excluding carboxylic acids is 1. The van der Waals surface area contributed by atoms with Crippen molar-refractivity contribution in [3.8, 4) is 0 Å². The Morgan fingerprint density at radius 2 is 1.74 bits per heavy atom. The largest absolute Gasteiger partial charge is 0.444 e. The van der Waals surface area contributed by atoms with Crippen molar-refractivity contribution in [1.82, 2.24) is 20.3 Å². The number of guanidine groups is 1. The van der Waals surface area contributed by atoms with Gasteiger partial charge < -0.3 is 20.7 Å². The molecule has 1 aliphatic rings. The van der Waals surface area contributed by atoms with Crippen LogP contribution in [0.4, 0.5) is 4.79 Å². The van der Waals surface area contributed by atoms with Crippen LogP contribution >= 0.6 is 0 Å². The molecule has 0 unspecified atom stereocenters. The number of carbonyl (C=O) groups is 1. The van der Waals surface area contributed by atoms with Crippen LogP contribution in [0.15, 0.2) is 4.99 Å². The van der Waals surface area contributed by atoms with E-state index in [1.54, 1.807) is 0 Å². The van der Waals surface area contributed by atoms with E-state index in [1.165, 1.54) is 10.6 Å². The third kappa shape index (κ3) is 10.4. The second-order valence-corrected chi connectivity index (χ2v) is 9.66. The van der Waals surface area contributed by atoms with Crippen molar-refractivity contribution in [2.24, 2.45) is 10.9 Å². The van der Waals surface area contributed by atoms with Gasteiger partial charge in [0, 0.05) is 39.3 Å². The van der Waals surface area contributed by atoms with Gasteiger partial charge in [-0.1, -0.05) is 0 Å². The number of ether oxygens (including phenoxy) is 1. The predicted octanol–water partition coefficient (Wildman–Crippen LogP) is 0.738. The Morgan fingerprint density at radius 1 is 1.15 bits per heavy atom. The second-order valence-electron chi connectivity index (χ2n) is 7.68. The van der Waals surface area contributed by atoms with Gasteiger partial charge in [0.2, 0.25) is 10.0 Å². The van der Waals surface area contributed by atoms with Crippen LogP contribution < -0.4 is 16.0 Å². The zero-order valence-corrected chi connectivity index (χ0v) is 18.0. The summed E-state index contributed by atoms with van der Waals surface area (Å²) in [5.41, 5.74) is -0.513. The zero-order chi connectivity index (χ0) is 20.5. The number of rotatable bonds is 7. The molecule has 0 bridgehead atoms. The topological polar surface area (TPSA) is 112 Å². The summed E-state index contributed by atoms with van der Waals surface area (Å²) in [6.45, 7) is 10.9. The minimum absolute atomic E-state index is 0.373. The van der Waals surface area contributed by atoms with E-state index in [2.05, 4.69) is 20.9 Å². The number of hydrogen-bond donors (Lipinski definition) is 3. The molecule has 0 radical (unpaired) electrons. The number of sulfonamides is 1. The van der Waals surface area contributed by atoms with Gasteiger partial charge in [-0.2, -0.15) is 0 Å². The van der Waals surface area contributed by atoms with Crippen LogP contribution in [0.3, 0.4) is 0 Å². The van der Waals surface area contributed by atoms with Gasteiger partial charge in [0.1, 0.15) is 5.60 Å². The van der Waals surface area contributed by atoms with Gasteiger partial charge in [-0.25, -0.2) is 17.5 Å². The Labute approximate surface area is 163 Å². The molecule has 0 spiro atoms. The fourth-order valence-corrected chi connectivity index (χ4v) is 3.52. The van der Waals surface area contributed by atoms with E-state index in [9.17, 15) is 13.2 Å². The lowest BCUT2D eigenvalue weighted by atomic mass is 9.98. The molecule has 1 aliphatic heterocycles. The van der Waals surface area contributed by atoms with Crippen molar-refractivity contribution in [3.63, 3.8) is 0 Å². The highest BCUT2D eigenvalue weighted by Crippen LogP contribution is 2.19. The summed E-state index contributed by atoms with van der Waals surface area (Å²) >= 11 is 0. The molecule has 0 aromatic rings. The van der Waals surface area contributed by atoms with Crippen LogP contribution in [0, 0.1) is 5.92 Å². The summed E-state index contributed by atoms with van der Waals surface area (Å²) in [6, 6.07) is 0. The second kappa shape index (κ2) is 10.7. The van der Waals surface area contributed by atoms with E-state index in [-0.39, 0.29) is 0 Å². The molecule has 0 aliphatic carbocycles. The average molecular weight is 406 g/mol. The molecule has 0 aromatic carbocycles. The van der Waals surface area contributed by atoms with E-state index in [4.69, 9.17) is 4.74 Å². The summed E-state index contributed by atoms with van der Waals surface area (Å²) in [6.07, 6.45) is 2.44. The number of hydrogen-bond acceptors (Lipinski definition) is 5. The van der Waals surface area contributed by atoms with Gasteiger partial charge in [0.15, 0.2) is 5.96 Å². The van der Waals surface area contributed by atoms with Crippen LogP contribution in [0.2, 0.25) is 0 Å². The normalized spacial score (nSPS) is 17.4. The maximum absolute atomic E-state index is 11.6. The first-order chi connectivity index (χ1) is 12.5. The summed E-state index contributed by atoms with van der Waals surface area (Å²) in [5.74, 6) is 1.06. The highest BCUT2D eigenvalue weighted by Gasteiger charge is 2.24. The fourth-order valence-electron chi connectivity index (χ4n) is 2.65. The molecular weight excluding hydrogens is 370 g/mol. The molecule has 10 heteroatoms. The Bertz CT molecular complexity index is 593.